The molecule has 0 aliphatic heterocycles. The smallest absolute Gasteiger partial charge is 0.231 e. The molecule has 0 rings (SSSR count). The van der Waals surface area contributed by atoms with Gasteiger partial charge in [0.2, 0.25) is 11.8 Å². The van der Waals surface area contributed by atoms with Crippen LogP contribution < -0.4 is 0 Å². The second kappa shape index (κ2) is 10.9. The molecule has 0 saturated carbocycles. The molecule has 0 aromatic rings. The fourth-order valence-corrected chi connectivity index (χ4v) is 2.16. The molecule has 118 valence electrons. The van der Waals surface area contributed by atoms with Crippen molar-refractivity contribution in [2.24, 2.45) is 11.8 Å². The number of hydrogen-bond acceptors (Lipinski definition) is 2. The van der Waals surface area contributed by atoms with Gasteiger partial charge < -0.3 is 0 Å². The van der Waals surface area contributed by atoms with Crippen molar-refractivity contribution in [3.8, 4) is 0 Å². The zero-order valence-corrected chi connectivity index (χ0v) is 14.1. The van der Waals surface area contributed by atoms with Crippen molar-refractivity contribution in [2.75, 3.05) is 6.54 Å². The molecule has 1 atom stereocenters. The average Bonchev–Trinajstić information content (AvgIpc) is 2.42. The molecule has 0 aliphatic carbocycles. The first-order valence-corrected chi connectivity index (χ1v) is 8.28. The van der Waals surface area contributed by atoms with Gasteiger partial charge in [-0.15, -0.1) is 0 Å². The number of amides is 2. The third-order valence-corrected chi connectivity index (χ3v) is 3.72. The van der Waals surface area contributed by atoms with Crippen LogP contribution in [0.3, 0.4) is 0 Å². The van der Waals surface area contributed by atoms with E-state index in [9.17, 15) is 9.59 Å². The van der Waals surface area contributed by atoms with Crippen LogP contribution in [0.15, 0.2) is 0 Å². The summed E-state index contributed by atoms with van der Waals surface area (Å²) in [6, 6.07) is 0. The highest BCUT2D eigenvalue weighted by Gasteiger charge is 2.23. The SMILES string of the molecule is CCCN(C(=O)CCCCCC(C)C)C(=O)[C@@H](C)CC. The van der Waals surface area contributed by atoms with Crippen LogP contribution >= 0.6 is 0 Å². The minimum absolute atomic E-state index is 0.00142. The van der Waals surface area contributed by atoms with Gasteiger partial charge in [-0.1, -0.05) is 53.9 Å². The van der Waals surface area contributed by atoms with E-state index in [2.05, 4.69) is 13.8 Å². The van der Waals surface area contributed by atoms with Crippen LogP contribution in [-0.4, -0.2) is 23.3 Å². The van der Waals surface area contributed by atoms with Gasteiger partial charge in [0.1, 0.15) is 0 Å². The lowest BCUT2D eigenvalue weighted by Gasteiger charge is -2.23. The summed E-state index contributed by atoms with van der Waals surface area (Å²) in [6.45, 7) is 10.9. The third kappa shape index (κ3) is 7.66. The van der Waals surface area contributed by atoms with Crippen LogP contribution in [0.2, 0.25) is 0 Å². The van der Waals surface area contributed by atoms with Crippen molar-refractivity contribution < 1.29 is 9.59 Å². The summed E-state index contributed by atoms with van der Waals surface area (Å²) in [5, 5.41) is 0. The van der Waals surface area contributed by atoms with Gasteiger partial charge in [0.05, 0.1) is 0 Å². The molecule has 0 heterocycles. The maximum absolute atomic E-state index is 12.2. The van der Waals surface area contributed by atoms with Gasteiger partial charge >= 0.3 is 0 Å². The molecule has 0 radical (unpaired) electrons. The van der Waals surface area contributed by atoms with Crippen LogP contribution in [0, 0.1) is 11.8 Å². The monoisotopic (exact) mass is 283 g/mol. The summed E-state index contributed by atoms with van der Waals surface area (Å²) in [4.78, 5) is 25.9. The third-order valence-electron chi connectivity index (χ3n) is 3.72. The molecular formula is C17H33NO2. The highest BCUT2D eigenvalue weighted by Crippen LogP contribution is 2.13. The Hall–Kier alpha value is -0.860. The van der Waals surface area contributed by atoms with E-state index in [0.29, 0.717) is 13.0 Å². The standard InChI is InChI=1S/C17H33NO2/c1-6-13-18(17(20)15(5)7-2)16(19)12-10-8-9-11-14(3)4/h14-15H,6-13H2,1-5H3/t15-/m0/s1. The number of nitrogens with zero attached hydrogens (tertiary/aromatic N) is 1. The Balaban J connectivity index is 4.19. The van der Waals surface area contributed by atoms with E-state index in [1.54, 1.807) is 0 Å². The summed E-state index contributed by atoms with van der Waals surface area (Å²) >= 11 is 0. The minimum Gasteiger partial charge on any atom is -0.282 e. The van der Waals surface area contributed by atoms with E-state index < -0.39 is 0 Å². The number of carbonyl (C=O) groups excluding carboxylic acids is 2. The number of imide groups is 1. The van der Waals surface area contributed by atoms with Crippen molar-refractivity contribution in [3.63, 3.8) is 0 Å². The fraction of sp³-hybridized carbons (Fsp3) is 0.882. The minimum atomic E-state index is -0.0496. The second-order valence-corrected chi connectivity index (χ2v) is 6.19. The van der Waals surface area contributed by atoms with Gasteiger partial charge in [0, 0.05) is 18.9 Å². The van der Waals surface area contributed by atoms with Gasteiger partial charge in [-0.3, -0.25) is 14.5 Å². The molecular weight excluding hydrogens is 250 g/mol. The van der Waals surface area contributed by atoms with Crippen molar-refractivity contribution >= 4 is 11.8 Å². The van der Waals surface area contributed by atoms with Gasteiger partial charge in [-0.05, 0) is 25.2 Å². The molecule has 0 saturated heterocycles. The molecule has 0 aliphatic rings. The Morgan fingerprint density at radius 3 is 2.15 bits per heavy atom. The highest BCUT2D eigenvalue weighted by molar-refractivity contribution is 5.96. The molecule has 0 unspecified atom stereocenters. The largest absolute Gasteiger partial charge is 0.282 e. The quantitative estimate of drug-likeness (QED) is 0.557. The lowest BCUT2D eigenvalue weighted by molar-refractivity contribution is -0.147. The van der Waals surface area contributed by atoms with Gasteiger partial charge in [0.25, 0.3) is 0 Å². The maximum Gasteiger partial charge on any atom is 0.231 e. The number of carbonyl (C=O) groups is 2. The van der Waals surface area contributed by atoms with Gasteiger partial charge in [-0.2, -0.15) is 0 Å². The van der Waals surface area contributed by atoms with E-state index in [1.165, 1.54) is 17.7 Å². The number of hydrogen-bond donors (Lipinski definition) is 0. The van der Waals surface area contributed by atoms with Crippen molar-refractivity contribution in [2.45, 2.75) is 79.6 Å². The van der Waals surface area contributed by atoms with E-state index in [1.807, 2.05) is 20.8 Å². The first-order valence-electron chi connectivity index (χ1n) is 8.28. The van der Waals surface area contributed by atoms with Crippen molar-refractivity contribution in [3.05, 3.63) is 0 Å². The predicted octanol–water partition coefficient (Wildman–Crippen LogP) is 4.40. The maximum atomic E-state index is 12.2. The lowest BCUT2D eigenvalue weighted by Crippen LogP contribution is -2.40. The molecule has 0 bridgehead atoms. The summed E-state index contributed by atoms with van der Waals surface area (Å²) in [6.07, 6.45) is 6.53. The zero-order valence-electron chi connectivity index (χ0n) is 14.1. The van der Waals surface area contributed by atoms with Crippen LogP contribution in [0.4, 0.5) is 0 Å². The first kappa shape index (κ1) is 19.1. The molecule has 3 heteroatoms. The molecule has 20 heavy (non-hydrogen) atoms. The summed E-state index contributed by atoms with van der Waals surface area (Å²) < 4.78 is 0. The average molecular weight is 283 g/mol. The van der Waals surface area contributed by atoms with Crippen LogP contribution in [0.25, 0.3) is 0 Å². The molecule has 0 aromatic heterocycles. The summed E-state index contributed by atoms with van der Waals surface area (Å²) in [5.41, 5.74) is 0. The summed E-state index contributed by atoms with van der Waals surface area (Å²) in [7, 11) is 0. The topological polar surface area (TPSA) is 37.4 Å². The van der Waals surface area contributed by atoms with E-state index >= 15 is 0 Å². The van der Waals surface area contributed by atoms with E-state index in [-0.39, 0.29) is 17.7 Å². The molecule has 0 N–H and O–H groups in total. The first-order chi connectivity index (χ1) is 9.43. The van der Waals surface area contributed by atoms with E-state index in [0.717, 1.165) is 31.6 Å². The van der Waals surface area contributed by atoms with Gasteiger partial charge in [-0.25, -0.2) is 0 Å². The molecule has 0 fully saturated rings. The molecule has 0 aromatic carbocycles. The zero-order chi connectivity index (χ0) is 15.5. The Kier molecular flexibility index (Phi) is 10.4. The molecule has 0 spiro atoms. The van der Waals surface area contributed by atoms with Crippen LogP contribution in [-0.2, 0) is 9.59 Å². The normalized spacial score (nSPS) is 12.5. The number of rotatable bonds is 10. The molecule has 3 nitrogen and oxygen atoms in total. The van der Waals surface area contributed by atoms with Crippen molar-refractivity contribution in [1.82, 2.24) is 4.90 Å². The predicted molar refractivity (Wildman–Crippen MR) is 84.4 cm³/mol. The van der Waals surface area contributed by atoms with Crippen molar-refractivity contribution in [1.29, 1.82) is 0 Å². The Labute approximate surface area is 125 Å². The highest BCUT2D eigenvalue weighted by atomic mass is 16.2. The van der Waals surface area contributed by atoms with Gasteiger partial charge in [0.15, 0.2) is 0 Å². The summed E-state index contributed by atoms with van der Waals surface area (Å²) in [5.74, 6) is 0.698. The second-order valence-electron chi connectivity index (χ2n) is 6.19. The molecule has 2 amide bonds. The number of unbranched alkanes of at least 4 members (excludes halogenated alkanes) is 2. The Morgan fingerprint density at radius 1 is 1.00 bits per heavy atom. The van der Waals surface area contributed by atoms with E-state index in [4.69, 9.17) is 0 Å². The lowest BCUT2D eigenvalue weighted by atomic mass is 10.0. The Bertz CT molecular complexity index is 287. The van der Waals surface area contributed by atoms with Crippen LogP contribution in [0.5, 0.6) is 0 Å². The fourth-order valence-electron chi connectivity index (χ4n) is 2.16. The van der Waals surface area contributed by atoms with Crippen LogP contribution in [0.1, 0.15) is 79.6 Å². The Morgan fingerprint density at radius 2 is 1.65 bits per heavy atom.